The van der Waals surface area contributed by atoms with Crippen LogP contribution in [-0.4, -0.2) is 47.8 Å². The SMILES string of the molecule is CCCOc1ccc(S(=O)(=O)NCCCCNc2cc(-c3ccccc3O)nc3c(Br)cnn23)cc1. The van der Waals surface area contributed by atoms with Crippen LogP contribution in [0.1, 0.15) is 26.2 Å². The fourth-order valence-corrected chi connectivity index (χ4v) is 5.00. The fourth-order valence-electron chi connectivity index (χ4n) is 3.58. The molecule has 0 atom stereocenters. The number of nitrogens with zero attached hydrogens (tertiary/aromatic N) is 3. The van der Waals surface area contributed by atoms with Gasteiger partial charge in [-0.2, -0.15) is 9.61 Å². The van der Waals surface area contributed by atoms with Crippen molar-refractivity contribution < 1.29 is 18.3 Å². The molecule has 0 saturated carbocycles. The van der Waals surface area contributed by atoms with Crippen LogP contribution in [0.4, 0.5) is 5.82 Å². The number of hydrogen-bond donors (Lipinski definition) is 3. The average Bonchev–Trinajstić information content (AvgIpc) is 3.26. The van der Waals surface area contributed by atoms with Gasteiger partial charge in [0.1, 0.15) is 17.3 Å². The molecular formula is C25H28BrN5O4S. The molecule has 0 bridgehead atoms. The summed E-state index contributed by atoms with van der Waals surface area (Å²) in [6.07, 6.45) is 3.93. The molecule has 0 spiro atoms. The normalized spacial score (nSPS) is 11.6. The molecule has 2 heterocycles. The summed E-state index contributed by atoms with van der Waals surface area (Å²) >= 11 is 3.47. The zero-order valence-electron chi connectivity index (χ0n) is 19.8. The molecule has 4 aromatic rings. The second-order valence-corrected chi connectivity index (χ2v) is 10.7. The van der Waals surface area contributed by atoms with Crippen molar-refractivity contribution in [1.29, 1.82) is 0 Å². The topological polar surface area (TPSA) is 118 Å². The summed E-state index contributed by atoms with van der Waals surface area (Å²) in [5, 5.41) is 18.0. The minimum absolute atomic E-state index is 0.145. The van der Waals surface area contributed by atoms with Gasteiger partial charge < -0.3 is 15.2 Å². The Morgan fingerprint density at radius 2 is 1.83 bits per heavy atom. The van der Waals surface area contributed by atoms with Crippen LogP contribution < -0.4 is 14.8 Å². The zero-order chi connectivity index (χ0) is 25.5. The molecule has 36 heavy (non-hydrogen) atoms. The van der Waals surface area contributed by atoms with Crippen LogP contribution in [0.15, 0.2) is 70.2 Å². The largest absolute Gasteiger partial charge is 0.507 e. The number of benzene rings is 2. The third-order valence-corrected chi connectivity index (χ3v) is 7.45. The highest BCUT2D eigenvalue weighted by molar-refractivity contribution is 9.10. The van der Waals surface area contributed by atoms with Gasteiger partial charge >= 0.3 is 0 Å². The summed E-state index contributed by atoms with van der Waals surface area (Å²) in [5.74, 6) is 1.52. The van der Waals surface area contributed by atoms with E-state index in [2.05, 4.69) is 36.1 Å². The second-order valence-electron chi connectivity index (χ2n) is 8.12. The van der Waals surface area contributed by atoms with Crippen LogP contribution in [0, 0.1) is 0 Å². The van der Waals surface area contributed by atoms with Gasteiger partial charge in [0.05, 0.1) is 27.9 Å². The zero-order valence-corrected chi connectivity index (χ0v) is 22.2. The van der Waals surface area contributed by atoms with Gasteiger partial charge in [-0.25, -0.2) is 18.1 Å². The van der Waals surface area contributed by atoms with Crippen molar-refractivity contribution in [2.45, 2.75) is 31.1 Å². The molecule has 0 aliphatic rings. The molecule has 2 aromatic heterocycles. The number of ether oxygens (including phenoxy) is 1. The third-order valence-electron chi connectivity index (χ3n) is 5.42. The van der Waals surface area contributed by atoms with E-state index in [0.717, 1.165) is 23.1 Å². The molecule has 3 N–H and O–H groups in total. The summed E-state index contributed by atoms with van der Waals surface area (Å²) < 4.78 is 35.7. The predicted octanol–water partition coefficient (Wildman–Crippen LogP) is 4.82. The van der Waals surface area contributed by atoms with Crippen LogP contribution in [0.5, 0.6) is 11.5 Å². The summed E-state index contributed by atoms with van der Waals surface area (Å²) in [5.41, 5.74) is 1.86. The Kier molecular flexibility index (Phi) is 8.44. The molecule has 0 radical (unpaired) electrons. The minimum atomic E-state index is -3.58. The molecule has 190 valence electrons. The van der Waals surface area contributed by atoms with Crippen molar-refractivity contribution >= 4 is 37.4 Å². The van der Waals surface area contributed by atoms with Crippen LogP contribution in [-0.2, 0) is 10.0 Å². The summed E-state index contributed by atoms with van der Waals surface area (Å²) in [4.78, 5) is 4.84. The number of anilines is 1. The minimum Gasteiger partial charge on any atom is -0.507 e. The van der Waals surface area contributed by atoms with Gasteiger partial charge in [0.2, 0.25) is 10.0 Å². The maximum Gasteiger partial charge on any atom is 0.240 e. The fraction of sp³-hybridized carbons (Fsp3) is 0.280. The maximum atomic E-state index is 12.5. The monoisotopic (exact) mass is 573 g/mol. The lowest BCUT2D eigenvalue weighted by atomic mass is 10.1. The van der Waals surface area contributed by atoms with Gasteiger partial charge in [-0.15, -0.1) is 0 Å². The number of hydrogen-bond acceptors (Lipinski definition) is 7. The first kappa shape index (κ1) is 25.9. The highest BCUT2D eigenvalue weighted by Gasteiger charge is 2.15. The van der Waals surface area contributed by atoms with Crippen LogP contribution in [0.25, 0.3) is 16.9 Å². The summed E-state index contributed by atoms with van der Waals surface area (Å²) in [6, 6.07) is 15.3. The molecule has 0 saturated heterocycles. The number of fused-ring (bicyclic) bond motifs is 1. The number of unbranched alkanes of at least 4 members (excludes halogenated alkanes) is 1. The average molecular weight is 575 g/mol. The van der Waals surface area contributed by atoms with Crippen molar-refractivity contribution in [3.63, 3.8) is 0 Å². The first-order chi connectivity index (χ1) is 17.4. The number of rotatable bonds is 12. The third kappa shape index (κ3) is 6.15. The predicted molar refractivity (Wildman–Crippen MR) is 143 cm³/mol. The molecule has 4 rings (SSSR count). The van der Waals surface area contributed by atoms with E-state index < -0.39 is 10.0 Å². The van der Waals surface area contributed by atoms with Crippen molar-refractivity contribution in [2.75, 3.05) is 25.0 Å². The lowest BCUT2D eigenvalue weighted by Crippen LogP contribution is -2.25. The Hall–Kier alpha value is -3.15. The lowest BCUT2D eigenvalue weighted by molar-refractivity contribution is 0.317. The summed E-state index contributed by atoms with van der Waals surface area (Å²) in [6.45, 7) is 3.53. The van der Waals surface area contributed by atoms with E-state index in [4.69, 9.17) is 4.74 Å². The van der Waals surface area contributed by atoms with Crippen LogP contribution in [0.3, 0.4) is 0 Å². The van der Waals surface area contributed by atoms with E-state index >= 15 is 0 Å². The standard InChI is InChI=1S/C25H28BrN5O4S/c1-2-15-35-18-9-11-19(12-10-18)36(33,34)29-14-6-5-13-27-24-16-22(20-7-3-4-8-23(20)32)30-25-21(26)17-28-31(24)25/h3-4,7-12,16-17,27,29,32H,2,5-6,13-15H2,1H3. The van der Waals surface area contributed by atoms with Gasteiger partial charge in [0.25, 0.3) is 0 Å². The molecule has 2 aromatic carbocycles. The highest BCUT2D eigenvalue weighted by atomic mass is 79.9. The van der Waals surface area contributed by atoms with E-state index in [1.165, 1.54) is 0 Å². The van der Waals surface area contributed by atoms with Crippen molar-refractivity contribution in [3.05, 3.63) is 65.3 Å². The number of phenolic OH excluding ortho intramolecular Hbond substituents is 1. The molecule has 0 aliphatic carbocycles. The Labute approximate surface area is 218 Å². The van der Waals surface area contributed by atoms with E-state index in [0.29, 0.717) is 48.8 Å². The van der Waals surface area contributed by atoms with Crippen LogP contribution in [0.2, 0.25) is 0 Å². The number of aromatic nitrogens is 3. The number of para-hydroxylation sites is 1. The summed E-state index contributed by atoms with van der Waals surface area (Å²) in [7, 11) is -3.58. The number of halogens is 1. The molecule has 0 aliphatic heterocycles. The van der Waals surface area contributed by atoms with Gasteiger partial charge in [-0.05, 0) is 71.6 Å². The molecule has 0 fully saturated rings. The first-order valence-corrected chi connectivity index (χ1v) is 14.0. The number of aromatic hydroxyl groups is 1. The van der Waals surface area contributed by atoms with Gasteiger partial charge in [-0.3, -0.25) is 0 Å². The van der Waals surface area contributed by atoms with E-state index in [-0.39, 0.29) is 10.6 Å². The highest BCUT2D eigenvalue weighted by Crippen LogP contribution is 2.31. The van der Waals surface area contributed by atoms with Gasteiger partial charge in [0.15, 0.2) is 5.65 Å². The number of sulfonamides is 1. The second kappa shape index (κ2) is 11.7. The van der Waals surface area contributed by atoms with Gasteiger partial charge in [0, 0.05) is 24.7 Å². The van der Waals surface area contributed by atoms with Crippen molar-refractivity contribution in [2.24, 2.45) is 0 Å². The first-order valence-electron chi connectivity index (χ1n) is 11.7. The smallest absolute Gasteiger partial charge is 0.240 e. The number of nitrogens with one attached hydrogen (secondary N) is 2. The Bertz CT molecular complexity index is 1420. The van der Waals surface area contributed by atoms with Crippen molar-refractivity contribution in [1.82, 2.24) is 19.3 Å². The maximum absolute atomic E-state index is 12.5. The molecule has 0 amide bonds. The molecule has 11 heteroatoms. The number of phenols is 1. The van der Waals surface area contributed by atoms with Crippen LogP contribution >= 0.6 is 15.9 Å². The van der Waals surface area contributed by atoms with E-state index in [9.17, 15) is 13.5 Å². The Morgan fingerprint density at radius 1 is 1.08 bits per heavy atom. The van der Waals surface area contributed by atoms with Crippen molar-refractivity contribution in [3.8, 4) is 22.8 Å². The van der Waals surface area contributed by atoms with Gasteiger partial charge in [-0.1, -0.05) is 19.1 Å². The molecular weight excluding hydrogens is 546 g/mol. The molecule has 0 unspecified atom stereocenters. The molecule has 9 nitrogen and oxygen atoms in total. The van der Waals surface area contributed by atoms with E-state index in [1.807, 2.05) is 19.1 Å². The Morgan fingerprint density at radius 3 is 2.58 bits per heavy atom. The quantitative estimate of drug-likeness (QED) is 0.208. The lowest BCUT2D eigenvalue weighted by Gasteiger charge is -2.12. The Balaban J connectivity index is 1.33. The van der Waals surface area contributed by atoms with E-state index in [1.54, 1.807) is 53.2 Å².